The standard InChI is InChI=1S/C33H31ClN4O5/c1-42-26-13-22(14-27(16-26)43-2)33(41)36-28-15-21(32(40)35-25-9-7-24(34)8-10-25)6-11-30(28)37-17-20-12-23(19-37)29-4-3-5-31(39)38(29)18-20/h3-11,13-16,20,23H,12,17-19H2,1-2H3,(H,35,40)(H,36,41). The molecule has 6 rings (SSSR count). The zero-order chi connectivity index (χ0) is 30.1. The van der Waals surface area contributed by atoms with Gasteiger partial charge < -0.3 is 29.6 Å². The fraction of sp³-hybridized carbons (Fsp3) is 0.242. The predicted molar refractivity (Wildman–Crippen MR) is 167 cm³/mol. The first-order chi connectivity index (χ1) is 20.8. The first kappa shape index (κ1) is 28.4. The van der Waals surface area contributed by atoms with E-state index in [1.165, 1.54) is 14.2 Å². The molecule has 9 nitrogen and oxygen atoms in total. The minimum absolute atomic E-state index is 0.0263. The van der Waals surface area contributed by atoms with Gasteiger partial charge in [0.15, 0.2) is 0 Å². The van der Waals surface area contributed by atoms with Crippen molar-refractivity contribution in [3.8, 4) is 11.5 Å². The largest absolute Gasteiger partial charge is 0.497 e. The molecule has 2 amide bonds. The van der Waals surface area contributed by atoms with E-state index in [0.717, 1.165) is 17.8 Å². The summed E-state index contributed by atoms with van der Waals surface area (Å²) in [6.07, 6.45) is 0.993. The van der Waals surface area contributed by atoms with E-state index in [1.54, 1.807) is 60.7 Å². The second-order valence-corrected chi connectivity index (χ2v) is 11.3. The van der Waals surface area contributed by atoms with Crippen molar-refractivity contribution in [2.75, 3.05) is 42.8 Å². The molecule has 2 aliphatic rings. The van der Waals surface area contributed by atoms with Gasteiger partial charge in [-0.05, 0) is 73.0 Å². The monoisotopic (exact) mass is 598 g/mol. The Balaban J connectivity index is 1.34. The molecule has 10 heteroatoms. The van der Waals surface area contributed by atoms with Gasteiger partial charge >= 0.3 is 0 Å². The molecule has 0 saturated carbocycles. The van der Waals surface area contributed by atoms with Crippen LogP contribution in [0.3, 0.4) is 0 Å². The molecule has 2 N–H and O–H groups in total. The normalized spacial score (nSPS) is 17.0. The van der Waals surface area contributed by atoms with Crippen LogP contribution in [0.25, 0.3) is 0 Å². The number of rotatable bonds is 7. The number of methoxy groups -OCH3 is 2. The molecule has 2 bridgehead atoms. The van der Waals surface area contributed by atoms with Crippen molar-refractivity contribution in [2.45, 2.75) is 18.9 Å². The summed E-state index contributed by atoms with van der Waals surface area (Å²) in [5.74, 6) is 0.710. The van der Waals surface area contributed by atoms with Crippen LogP contribution in [0.4, 0.5) is 17.1 Å². The van der Waals surface area contributed by atoms with E-state index in [2.05, 4.69) is 15.5 Å². The van der Waals surface area contributed by atoms with Crippen molar-refractivity contribution in [1.82, 2.24) is 4.57 Å². The summed E-state index contributed by atoms with van der Waals surface area (Å²) in [4.78, 5) is 41.6. The highest BCUT2D eigenvalue weighted by atomic mass is 35.5. The van der Waals surface area contributed by atoms with E-state index in [1.807, 2.05) is 22.8 Å². The van der Waals surface area contributed by atoms with Gasteiger partial charge in [0.05, 0.1) is 25.6 Å². The fourth-order valence-corrected chi connectivity index (χ4v) is 6.14. The Morgan fingerprint density at radius 1 is 0.814 bits per heavy atom. The molecule has 1 saturated heterocycles. The SMILES string of the molecule is COc1cc(OC)cc(C(=O)Nc2cc(C(=O)Nc3ccc(Cl)cc3)ccc2N2CC3CC(C2)c2cccc(=O)n2C3)c1. The van der Waals surface area contributed by atoms with Gasteiger partial charge in [0.1, 0.15) is 11.5 Å². The molecule has 1 fully saturated rings. The zero-order valence-electron chi connectivity index (χ0n) is 23.8. The van der Waals surface area contributed by atoms with Crippen molar-refractivity contribution < 1.29 is 19.1 Å². The van der Waals surface area contributed by atoms with E-state index >= 15 is 0 Å². The van der Waals surface area contributed by atoms with Crippen molar-refractivity contribution >= 4 is 40.5 Å². The van der Waals surface area contributed by atoms with Crippen LogP contribution in [0, 0.1) is 5.92 Å². The highest BCUT2D eigenvalue weighted by Crippen LogP contribution is 2.39. The molecule has 2 unspecified atom stereocenters. The third kappa shape index (κ3) is 5.94. The van der Waals surface area contributed by atoms with Crippen LogP contribution in [0.15, 0.2) is 83.7 Å². The van der Waals surface area contributed by atoms with E-state index < -0.39 is 0 Å². The third-order valence-corrected chi connectivity index (χ3v) is 8.30. The predicted octanol–water partition coefficient (Wildman–Crippen LogP) is 5.65. The van der Waals surface area contributed by atoms with E-state index in [4.69, 9.17) is 21.1 Å². The molecular weight excluding hydrogens is 568 g/mol. The number of ether oxygens (including phenoxy) is 2. The van der Waals surface area contributed by atoms with Gasteiger partial charge in [-0.1, -0.05) is 17.7 Å². The molecule has 43 heavy (non-hydrogen) atoms. The Labute approximate surface area is 254 Å². The number of nitrogens with one attached hydrogen (secondary N) is 2. The summed E-state index contributed by atoms with van der Waals surface area (Å²) in [6.45, 7) is 2.03. The van der Waals surface area contributed by atoms with Crippen LogP contribution in [0.5, 0.6) is 11.5 Å². The van der Waals surface area contributed by atoms with Gasteiger partial charge in [-0.2, -0.15) is 0 Å². The average Bonchev–Trinajstić information content (AvgIpc) is 3.02. The second kappa shape index (κ2) is 11.9. The molecule has 4 aromatic rings. The molecule has 2 atom stereocenters. The molecule has 220 valence electrons. The lowest BCUT2D eigenvalue weighted by Crippen LogP contribution is -2.47. The molecule has 2 aliphatic heterocycles. The maximum absolute atomic E-state index is 13.6. The smallest absolute Gasteiger partial charge is 0.255 e. The van der Waals surface area contributed by atoms with Gasteiger partial charge in [0.25, 0.3) is 17.4 Å². The molecule has 3 heterocycles. The third-order valence-electron chi connectivity index (χ3n) is 8.04. The van der Waals surface area contributed by atoms with Gasteiger partial charge in [-0.15, -0.1) is 0 Å². The molecule has 3 aromatic carbocycles. The van der Waals surface area contributed by atoms with Gasteiger partial charge in [0.2, 0.25) is 0 Å². The van der Waals surface area contributed by atoms with E-state index in [-0.39, 0.29) is 29.2 Å². The quantitative estimate of drug-likeness (QED) is 0.285. The number of piperidine rings is 1. The summed E-state index contributed by atoms with van der Waals surface area (Å²) < 4.78 is 12.6. The summed E-state index contributed by atoms with van der Waals surface area (Å²) in [6, 6.07) is 22.6. The van der Waals surface area contributed by atoms with Crippen molar-refractivity contribution in [2.24, 2.45) is 5.92 Å². The lowest BCUT2D eigenvalue weighted by molar-refractivity contribution is 0.101. The Morgan fingerprint density at radius 2 is 1.53 bits per heavy atom. The summed E-state index contributed by atoms with van der Waals surface area (Å²) in [5, 5.41) is 6.50. The van der Waals surface area contributed by atoms with Crippen molar-refractivity contribution in [3.63, 3.8) is 0 Å². The summed E-state index contributed by atoms with van der Waals surface area (Å²) >= 11 is 6.00. The Bertz CT molecular complexity index is 1730. The van der Waals surface area contributed by atoms with E-state index in [0.29, 0.717) is 58.7 Å². The lowest BCUT2D eigenvalue weighted by atomic mass is 9.83. The number of pyridine rings is 1. The van der Waals surface area contributed by atoms with Crippen molar-refractivity contribution in [3.05, 3.63) is 111 Å². The Kier molecular flexibility index (Phi) is 7.82. The van der Waals surface area contributed by atoms with Gasteiger partial charge in [-0.25, -0.2) is 0 Å². The molecule has 0 spiro atoms. The first-order valence-corrected chi connectivity index (χ1v) is 14.4. The highest BCUT2D eigenvalue weighted by molar-refractivity contribution is 6.30. The highest BCUT2D eigenvalue weighted by Gasteiger charge is 2.35. The molecule has 0 radical (unpaired) electrons. The maximum atomic E-state index is 13.6. The second-order valence-electron chi connectivity index (χ2n) is 10.9. The van der Waals surface area contributed by atoms with Gasteiger partial charge in [0, 0.05) is 65.2 Å². The summed E-state index contributed by atoms with van der Waals surface area (Å²) in [5.41, 5.74) is 3.69. The number of anilines is 3. The number of hydrogen-bond donors (Lipinski definition) is 2. The average molecular weight is 599 g/mol. The van der Waals surface area contributed by atoms with E-state index in [9.17, 15) is 14.4 Å². The topological polar surface area (TPSA) is 102 Å². The number of carbonyl (C=O) groups excluding carboxylic acids is 2. The molecule has 0 aliphatic carbocycles. The minimum Gasteiger partial charge on any atom is -0.497 e. The zero-order valence-corrected chi connectivity index (χ0v) is 24.6. The number of fused-ring (bicyclic) bond motifs is 4. The van der Waals surface area contributed by atoms with Crippen LogP contribution < -0.4 is 30.6 Å². The minimum atomic E-state index is -0.372. The summed E-state index contributed by atoms with van der Waals surface area (Å²) in [7, 11) is 3.05. The fourth-order valence-electron chi connectivity index (χ4n) is 6.02. The Morgan fingerprint density at radius 3 is 2.26 bits per heavy atom. The van der Waals surface area contributed by atoms with Crippen molar-refractivity contribution in [1.29, 1.82) is 0 Å². The number of benzene rings is 3. The van der Waals surface area contributed by atoms with Gasteiger partial charge in [-0.3, -0.25) is 14.4 Å². The van der Waals surface area contributed by atoms with Crippen LogP contribution in [-0.4, -0.2) is 43.7 Å². The maximum Gasteiger partial charge on any atom is 0.255 e. The van der Waals surface area contributed by atoms with Crippen LogP contribution >= 0.6 is 11.6 Å². The Hall–Kier alpha value is -4.76. The molecular formula is C33H31ClN4O5. The van der Waals surface area contributed by atoms with Crippen LogP contribution in [0.1, 0.15) is 38.7 Å². The van der Waals surface area contributed by atoms with Crippen LogP contribution in [0.2, 0.25) is 5.02 Å². The number of amides is 2. The number of hydrogen-bond acceptors (Lipinski definition) is 6. The van der Waals surface area contributed by atoms with Crippen LogP contribution in [-0.2, 0) is 6.54 Å². The lowest BCUT2D eigenvalue weighted by Gasteiger charge is -2.44. The number of carbonyl (C=O) groups is 2. The molecule has 1 aromatic heterocycles. The number of halogens is 1. The number of aromatic nitrogens is 1. The number of nitrogens with zero attached hydrogens (tertiary/aromatic N) is 2. The first-order valence-electron chi connectivity index (χ1n) is 14.0.